The van der Waals surface area contributed by atoms with Crippen molar-refractivity contribution in [3.63, 3.8) is 0 Å². The Labute approximate surface area is 240 Å². The number of nitro benzene ring substituents is 1. The van der Waals surface area contributed by atoms with E-state index < -0.39 is 10.8 Å². The summed E-state index contributed by atoms with van der Waals surface area (Å²) in [5.41, 5.74) is 2.18. The van der Waals surface area contributed by atoms with Crippen molar-refractivity contribution in [3.05, 3.63) is 133 Å². The lowest BCUT2D eigenvalue weighted by Gasteiger charge is -2.11. The van der Waals surface area contributed by atoms with Gasteiger partial charge in [0.2, 0.25) is 0 Å². The van der Waals surface area contributed by atoms with E-state index in [4.69, 9.17) is 32.7 Å². The third-order valence-corrected chi connectivity index (χ3v) is 6.07. The lowest BCUT2D eigenvalue weighted by atomic mass is 10.1. The second kappa shape index (κ2) is 13.3. The molecule has 0 spiro atoms. The zero-order chi connectivity index (χ0) is 28.5. The van der Waals surface area contributed by atoms with Crippen LogP contribution in [0.3, 0.4) is 0 Å². The molecule has 0 aliphatic carbocycles. The number of ether oxygens (including phenoxy) is 2. The van der Waals surface area contributed by atoms with Gasteiger partial charge in [0.25, 0.3) is 11.6 Å². The van der Waals surface area contributed by atoms with Gasteiger partial charge in [-0.15, -0.1) is 0 Å². The molecule has 8 nitrogen and oxygen atoms in total. The standard InChI is InChI=1S/C30H21Cl2N3O5/c31-24-6-4-20(5-7-24)18-39-28-11-9-26(10-12-28)34-30(36)23(17-33)15-22-16-25(32)8-13-29(22)40-19-21-2-1-3-27(14-21)35(37)38/h1-16H,18-19H2,(H,34,36)/b23-15+. The molecule has 0 aromatic heterocycles. The van der Waals surface area contributed by atoms with Crippen molar-refractivity contribution < 1.29 is 19.2 Å². The van der Waals surface area contributed by atoms with Gasteiger partial charge in [-0.3, -0.25) is 14.9 Å². The molecule has 200 valence electrons. The molecule has 0 heterocycles. The fraction of sp³-hybridized carbons (Fsp3) is 0.0667. The van der Waals surface area contributed by atoms with Crippen molar-refractivity contribution in [2.75, 3.05) is 5.32 Å². The van der Waals surface area contributed by atoms with Crippen LogP contribution in [0, 0.1) is 21.4 Å². The van der Waals surface area contributed by atoms with Crippen LogP contribution in [-0.2, 0) is 18.0 Å². The molecule has 0 saturated heterocycles. The number of anilines is 1. The summed E-state index contributed by atoms with van der Waals surface area (Å²) in [4.78, 5) is 23.4. The normalized spacial score (nSPS) is 10.9. The molecule has 0 radical (unpaired) electrons. The quantitative estimate of drug-likeness (QED) is 0.0903. The Morgan fingerprint density at radius 1 is 0.900 bits per heavy atom. The highest BCUT2D eigenvalue weighted by Gasteiger charge is 2.13. The van der Waals surface area contributed by atoms with Crippen LogP contribution in [0.4, 0.5) is 11.4 Å². The third kappa shape index (κ3) is 7.84. The number of benzene rings is 4. The van der Waals surface area contributed by atoms with Gasteiger partial charge in [0.05, 0.1) is 4.92 Å². The SMILES string of the molecule is N#C/C(=C\c1cc(Cl)ccc1OCc1cccc([N+](=O)[O-])c1)C(=O)Nc1ccc(OCc2ccc(Cl)cc2)cc1. The number of halogens is 2. The van der Waals surface area contributed by atoms with E-state index in [-0.39, 0.29) is 17.9 Å². The summed E-state index contributed by atoms with van der Waals surface area (Å²) in [7, 11) is 0. The van der Waals surface area contributed by atoms with Gasteiger partial charge in [-0.1, -0.05) is 47.5 Å². The van der Waals surface area contributed by atoms with Crippen molar-refractivity contribution in [1.29, 1.82) is 5.26 Å². The van der Waals surface area contributed by atoms with Gasteiger partial charge in [0.1, 0.15) is 36.4 Å². The summed E-state index contributed by atoms with van der Waals surface area (Å²) in [5.74, 6) is 0.328. The zero-order valence-corrected chi connectivity index (χ0v) is 22.4. The highest BCUT2D eigenvalue weighted by Crippen LogP contribution is 2.27. The number of carbonyl (C=O) groups excluding carboxylic acids is 1. The van der Waals surface area contributed by atoms with Crippen molar-refractivity contribution in [3.8, 4) is 17.6 Å². The topological polar surface area (TPSA) is 114 Å². The average molecular weight is 574 g/mol. The molecule has 1 amide bonds. The molecule has 0 aliphatic rings. The first kappa shape index (κ1) is 28.2. The fourth-order valence-corrected chi connectivity index (χ4v) is 3.88. The lowest BCUT2D eigenvalue weighted by molar-refractivity contribution is -0.384. The number of rotatable bonds is 10. The first-order valence-corrected chi connectivity index (χ1v) is 12.6. The molecule has 40 heavy (non-hydrogen) atoms. The summed E-state index contributed by atoms with van der Waals surface area (Å²) < 4.78 is 11.6. The number of hydrogen-bond donors (Lipinski definition) is 1. The van der Waals surface area contributed by atoms with Crippen LogP contribution >= 0.6 is 23.2 Å². The minimum Gasteiger partial charge on any atom is -0.489 e. The highest BCUT2D eigenvalue weighted by molar-refractivity contribution is 6.31. The molecular weight excluding hydrogens is 553 g/mol. The molecule has 0 atom stereocenters. The monoisotopic (exact) mass is 573 g/mol. The predicted molar refractivity (Wildman–Crippen MR) is 153 cm³/mol. The Morgan fingerprint density at radius 3 is 2.30 bits per heavy atom. The van der Waals surface area contributed by atoms with Crippen LogP contribution in [0.15, 0.2) is 96.6 Å². The Hall–Kier alpha value is -4.84. The second-order valence-corrected chi connectivity index (χ2v) is 9.33. The largest absolute Gasteiger partial charge is 0.489 e. The number of nitro groups is 1. The van der Waals surface area contributed by atoms with Crippen LogP contribution in [0.5, 0.6) is 11.5 Å². The Morgan fingerprint density at radius 2 is 1.60 bits per heavy atom. The Balaban J connectivity index is 1.43. The van der Waals surface area contributed by atoms with Gasteiger partial charge in [-0.05, 0) is 71.8 Å². The summed E-state index contributed by atoms with van der Waals surface area (Å²) >= 11 is 12.1. The van der Waals surface area contributed by atoms with E-state index >= 15 is 0 Å². The number of nitriles is 1. The van der Waals surface area contributed by atoms with Crippen LogP contribution in [0.1, 0.15) is 16.7 Å². The van der Waals surface area contributed by atoms with Gasteiger partial charge in [0, 0.05) is 33.4 Å². The number of amides is 1. The van der Waals surface area contributed by atoms with Crippen LogP contribution in [0.25, 0.3) is 6.08 Å². The minimum atomic E-state index is -0.623. The summed E-state index contributed by atoms with van der Waals surface area (Å²) in [6.07, 6.45) is 1.37. The van der Waals surface area contributed by atoms with E-state index in [1.54, 1.807) is 66.7 Å². The van der Waals surface area contributed by atoms with E-state index in [0.29, 0.717) is 45.0 Å². The molecule has 0 unspecified atom stereocenters. The number of nitrogens with one attached hydrogen (secondary N) is 1. The van der Waals surface area contributed by atoms with Gasteiger partial charge < -0.3 is 14.8 Å². The van der Waals surface area contributed by atoms with E-state index in [1.807, 2.05) is 18.2 Å². The maximum absolute atomic E-state index is 12.9. The molecule has 1 N–H and O–H groups in total. The minimum absolute atomic E-state index is 0.0324. The maximum Gasteiger partial charge on any atom is 0.269 e. The summed E-state index contributed by atoms with van der Waals surface area (Å²) in [6.45, 7) is 0.389. The number of nitrogens with zero attached hydrogens (tertiary/aromatic N) is 2. The fourth-order valence-electron chi connectivity index (χ4n) is 3.57. The zero-order valence-electron chi connectivity index (χ0n) is 20.8. The van der Waals surface area contributed by atoms with Crippen molar-refractivity contribution in [1.82, 2.24) is 0 Å². The molecule has 4 aromatic carbocycles. The number of hydrogen-bond acceptors (Lipinski definition) is 6. The highest BCUT2D eigenvalue weighted by atomic mass is 35.5. The lowest BCUT2D eigenvalue weighted by Crippen LogP contribution is -2.13. The van der Waals surface area contributed by atoms with Crippen LogP contribution in [0.2, 0.25) is 10.0 Å². The molecular formula is C30H21Cl2N3O5. The Kier molecular flexibility index (Phi) is 9.36. The van der Waals surface area contributed by atoms with Gasteiger partial charge in [-0.25, -0.2) is 0 Å². The first-order chi connectivity index (χ1) is 19.3. The summed E-state index contributed by atoms with van der Waals surface area (Å²) in [5, 5.41) is 24.4. The molecule has 4 aromatic rings. The molecule has 10 heteroatoms. The molecule has 0 fully saturated rings. The molecule has 0 bridgehead atoms. The first-order valence-electron chi connectivity index (χ1n) is 11.9. The summed E-state index contributed by atoms with van der Waals surface area (Å²) in [6, 6.07) is 26.8. The van der Waals surface area contributed by atoms with Gasteiger partial charge in [0.15, 0.2) is 0 Å². The van der Waals surface area contributed by atoms with E-state index in [9.17, 15) is 20.2 Å². The van der Waals surface area contributed by atoms with E-state index in [0.717, 1.165) is 5.56 Å². The molecule has 4 rings (SSSR count). The average Bonchev–Trinajstić information content (AvgIpc) is 2.96. The number of carbonyl (C=O) groups is 1. The second-order valence-electron chi connectivity index (χ2n) is 8.46. The van der Waals surface area contributed by atoms with E-state index in [1.165, 1.54) is 18.2 Å². The van der Waals surface area contributed by atoms with E-state index in [2.05, 4.69) is 5.32 Å². The smallest absolute Gasteiger partial charge is 0.269 e. The van der Waals surface area contributed by atoms with Crippen LogP contribution < -0.4 is 14.8 Å². The van der Waals surface area contributed by atoms with Gasteiger partial charge >= 0.3 is 0 Å². The van der Waals surface area contributed by atoms with Crippen molar-refractivity contribution >= 4 is 46.6 Å². The van der Waals surface area contributed by atoms with Gasteiger partial charge in [-0.2, -0.15) is 5.26 Å². The van der Waals surface area contributed by atoms with Crippen molar-refractivity contribution in [2.24, 2.45) is 0 Å². The maximum atomic E-state index is 12.9. The number of non-ortho nitro benzene ring substituents is 1. The molecule has 0 aliphatic heterocycles. The Bertz CT molecular complexity index is 1600. The molecule has 0 saturated carbocycles. The third-order valence-electron chi connectivity index (χ3n) is 5.58. The van der Waals surface area contributed by atoms with Crippen LogP contribution in [-0.4, -0.2) is 10.8 Å². The predicted octanol–water partition coefficient (Wildman–Crippen LogP) is 7.61. The van der Waals surface area contributed by atoms with Crippen molar-refractivity contribution in [2.45, 2.75) is 13.2 Å².